The van der Waals surface area contributed by atoms with Crippen LogP contribution in [0.5, 0.6) is 0 Å². The van der Waals surface area contributed by atoms with Crippen LogP contribution in [0.2, 0.25) is 0 Å². The molecule has 2 heterocycles. The molecule has 1 aliphatic rings. The molecule has 1 aromatic heterocycles. The summed E-state index contributed by atoms with van der Waals surface area (Å²) in [5, 5.41) is 11.4. The molecule has 2 aromatic rings. The van der Waals surface area contributed by atoms with Crippen LogP contribution in [0.1, 0.15) is 5.82 Å². The molecule has 19 heavy (non-hydrogen) atoms. The first-order valence-electron chi connectivity index (χ1n) is 6.28. The molecule has 0 atom stereocenters. The third-order valence-corrected chi connectivity index (χ3v) is 3.12. The summed E-state index contributed by atoms with van der Waals surface area (Å²) in [6.45, 7) is 2.43. The molecule has 0 radical (unpaired) electrons. The van der Waals surface area contributed by atoms with Crippen molar-refractivity contribution < 1.29 is 0 Å². The molecule has 0 unspecified atom stereocenters. The van der Waals surface area contributed by atoms with E-state index in [9.17, 15) is 0 Å². The van der Waals surface area contributed by atoms with Gasteiger partial charge in [-0.3, -0.25) is 9.56 Å². The minimum absolute atomic E-state index is 0.609. The van der Waals surface area contributed by atoms with Crippen LogP contribution in [0.4, 0.5) is 0 Å². The second-order valence-electron chi connectivity index (χ2n) is 4.43. The van der Waals surface area contributed by atoms with Crippen molar-refractivity contribution in [1.29, 1.82) is 0 Å². The zero-order chi connectivity index (χ0) is 13.1. The average molecular weight is 256 g/mol. The van der Waals surface area contributed by atoms with Crippen molar-refractivity contribution >= 4 is 5.96 Å². The van der Waals surface area contributed by atoms with Gasteiger partial charge in [0, 0.05) is 19.3 Å². The second kappa shape index (κ2) is 5.09. The van der Waals surface area contributed by atoms with Crippen LogP contribution < -0.4 is 5.32 Å². The zero-order valence-corrected chi connectivity index (χ0v) is 10.8. The second-order valence-corrected chi connectivity index (χ2v) is 4.43. The lowest BCUT2D eigenvalue weighted by Gasteiger charge is -2.15. The van der Waals surface area contributed by atoms with E-state index in [-0.39, 0.29) is 0 Å². The molecule has 1 aliphatic heterocycles. The summed E-state index contributed by atoms with van der Waals surface area (Å²) in [6, 6.07) is 10.1. The number of nitrogens with one attached hydrogen (secondary N) is 1. The molecular weight excluding hydrogens is 240 g/mol. The molecule has 0 fully saturated rings. The number of rotatable bonds is 3. The highest BCUT2D eigenvalue weighted by Gasteiger charge is 2.13. The fourth-order valence-corrected chi connectivity index (χ4v) is 2.07. The Morgan fingerprint density at radius 1 is 1.26 bits per heavy atom. The standard InChI is InChI=1S/C13H16N6/c1-18-8-7-14-13(18)15-9-12-17-16-10-19(12)11-5-3-2-4-6-11/h2-6,10H,7-9H2,1H3,(H,14,15). The fourth-order valence-electron chi connectivity index (χ4n) is 2.07. The predicted octanol–water partition coefficient (Wildman–Crippen LogP) is 0.658. The monoisotopic (exact) mass is 256 g/mol. The molecule has 0 saturated heterocycles. The molecule has 0 aliphatic carbocycles. The first-order valence-corrected chi connectivity index (χ1v) is 6.28. The number of likely N-dealkylation sites (N-methyl/N-ethyl adjacent to an activating group) is 1. The fraction of sp³-hybridized carbons (Fsp3) is 0.308. The summed E-state index contributed by atoms with van der Waals surface area (Å²) >= 11 is 0. The van der Waals surface area contributed by atoms with Gasteiger partial charge in [0.1, 0.15) is 6.33 Å². The third-order valence-electron chi connectivity index (χ3n) is 3.12. The van der Waals surface area contributed by atoms with Gasteiger partial charge in [-0.25, -0.2) is 0 Å². The summed E-state index contributed by atoms with van der Waals surface area (Å²) < 4.78 is 1.97. The van der Waals surface area contributed by atoms with E-state index in [2.05, 4.69) is 25.4 Å². The van der Waals surface area contributed by atoms with Gasteiger partial charge in [-0.1, -0.05) is 18.2 Å². The first-order chi connectivity index (χ1) is 9.34. The van der Waals surface area contributed by atoms with Crippen molar-refractivity contribution in [3.8, 4) is 5.69 Å². The number of guanidine groups is 1. The van der Waals surface area contributed by atoms with Crippen LogP contribution in [-0.4, -0.2) is 45.8 Å². The van der Waals surface area contributed by atoms with Crippen molar-refractivity contribution in [1.82, 2.24) is 25.0 Å². The molecule has 3 rings (SSSR count). The molecule has 1 N–H and O–H groups in total. The van der Waals surface area contributed by atoms with Crippen LogP contribution in [0.25, 0.3) is 5.69 Å². The van der Waals surface area contributed by atoms with E-state index in [1.165, 1.54) is 0 Å². The Morgan fingerprint density at radius 2 is 2.11 bits per heavy atom. The Hall–Kier alpha value is -2.37. The molecule has 0 saturated carbocycles. The van der Waals surface area contributed by atoms with Crippen molar-refractivity contribution in [2.24, 2.45) is 4.99 Å². The van der Waals surface area contributed by atoms with Crippen LogP contribution >= 0.6 is 0 Å². The van der Waals surface area contributed by atoms with Crippen LogP contribution in [-0.2, 0) is 6.54 Å². The summed E-state index contributed by atoms with van der Waals surface area (Å²) in [6.07, 6.45) is 1.73. The van der Waals surface area contributed by atoms with Gasteiger partial charge < -0.3 is 10.2 Å². The smallest absolute Gasteiger partial charge is 0.194 e. The third kappa shape index (κ3) is 2.42. The Morgan fingerprint density at radius 3 is 2.84 bits per heavy atom. The first kappa shape index (κ1) is 11.7. The van der Waals surface area contributed by atoms with Gasteiger partial charge in [-0.15, -0.1) is 10.2 Å². The highest BCUT2D eigenvalue weighted by molar-refractivity contribution is 5.81. The zero-order valence-electron chi connectivity index (χ0n) is 10.8. The Kier molecular flexibility index (Phi) is 3.14. The SMILES string of the molecule is CN1CCN=C1NCc1nncn1-c1ccccc1. The summed E-state index contributed by atoms with van der Waals surface area (Å²) in [4.78, 5) is 6.49. The normalized spacial score (nSPS) is 14.6. The maximum absolute atomic E-state index is 4.39. The minimum atomic E-state index is 0.609. The van der Waals surface area contributed by atoms with E-state index in [0.29, 0.717) is 6.54 Å². The van der Waals surface area contributed by atoms with Crippen LogP contribution in [0, 0.1) is 0 Å². The predicted molar refractivity (Wildman–Crippen MR) is 73.1 cm³/mol. The number of aliphatic imine (C=N–C) groups is 1. The lowest BCUT2D eigenvalue weighted by atomic mass is 10.3. The van der Waals surface area contributed by atoms with E-state index < -0.39 is 0 Å². The van der Waals surface area contributed by atoms with Crippen LogP contribution in [0.15, 0.2) is 41.7 Å². The largest absolute Gasteiger partial charge is 0.349 e. The number of aromatic nitrogens is 3. The molecule has 0 bridgehead atoms. The summed E-state index contributed by atoms with van der Waals surface area (Å²) in [7, 11) is 2.03. The molecule has 98 valence electrons. The van der Waals surface area contributed by atoms with Crippen molar-refractivity contribution in [3.05, 3.63) is 42.5 Å². The maximum atomic E-state index is 4.39. The number of hydrogen-bond donors (Lipinski definition) is 1. The molecule has 1 aromatic carbocycles. The van der Waals surface area contributed by atoms with E-state index in [1.807, 2.05) is 41.9 Å². The topological polar surface area (TPSA) is 58.3 Å². The number of benzene rings is 1. The molecule has 6 heteroatoms. The molecule has 6 nitrogen and oxygen atoms in total. The van der Waals surface area contributed by atoms with Gasteiger partial charge in [-0.05, 0) is 12.1 Å². The lowest BCUT2D eigenvalue weighted by molar-refractivity contribution is 0.531. The highest BCUT2D eigenvalue weighted by atomic mass is 15.3. The summed E-state index contributed by atoms with van der Waals surface area (Å²) in [5.74, 6) is 1.79. The van der Waals surface area contributed by atoms with E-state index in [0.717, 1.165) is 30.6 Å². The Balaban J connectivity index is 1.74. The average Bonchev–Trinajstić information content (AvgIpc) is 3.06. The van der Waals surface area contributed by atoms with Gasteiger partial charge in [0.25, 0.3) is 0 Å². The van der Waals surface area contributed by atoms with E-state index in [1.54, 1.807) is 6.33 Å². The number of nitrogens with zero attached hydrogens (tertiary/aromatic N) is 5. The van der Waals surface area contributed by atoms with Gasteiger partial charge in [0.05, 0.1) is 13.1 Å². The minimum Gasteiger partial charge on any atom is -0.349 e. The lowest BCUT2D eigenvalue weighted by Crippen LogP contribution is -2.35. The van der Waals surface area contributed by atoms with Gasteiger partial charge in [0.2, 0.25) is 0 Å². The summed E-state index contributed by atoms with van der Waals surface area (Å²) in [5.41, 5.74) is 1.06. The number of para-hydroxylation sites is 1. The van der Waals surface area contributed by atoms with E-state index in [4.69, 9.17) is 0 Å². The highest BCUT2D eigenvalue weighted by Crippen LogP contribution is 2.08. The van der Waals surface area contributed by atoms with Crippen molar-refractivity contribution in [3.63, 3.8) is 0 Å². The quantitative estimate of drug-likeness (QED) is 0.876. The van der Waals surface area contributed by atoms with Gasteiger partial charge >= 0.3 is 0 Å². The Bertz CT molecular complexity index is 574. The van der Waals surface area contributed by atoms with Crippen molar-refractivity contribution in [2.75, 3.05) is 20.1 Å². The van der Waals surface area contributed by atoms with E-state index >= 15 is 0 Å². The van der Waals surface area contributed by atoms with Crippen LogP contribution in [0.3, 0.4) is 0 Å². The molecular formula is C13H16N6. The number of hydrogen-bond acceptors (Lipinski definition) is 5. The molecule has 0 amide bonds. The Labute approximate surface area is 111 Å². The van der Waals surface area contributed by atoms with Crippen molar-refractivity contribution in [2.45, 2.75) is 6.54 Å². The van der Waals surface area contributed by atoms with Gasteiger partial charge in [-0.2, -0.15) is 0 Å². The van der Waals surface area contributed by atoms with Gasteiger partial charge in [0.15, 0.2) is 11.8 Å². The maximum Gasteiger partial charge on any atom is 0.194 e. The molecule has 0 spiro atoms.